The third-order valence-corrected chi connectivity index (χ3v) is 3.59. The average Bonchev–Trinajstić information content (AvgIpc) is 2.94. The number of thiophene rings is 1. The zero-order chi connectivity index (χ0) is 14.7. The van der Waals surface area contributed by atoms with Gasteiger partial charge in [0, 0.05) is 4.88 Å². The van der Waals surface area contributed by atoms with Crippen LogP contribution in [-0.2, 0) is 4.79 Å². The van der Waals surface area contributed by atoms with Crippen LogP contribution in [-0.4, -0.2) is 22.1 Å². The molecule has 0 saturated carbocycles. The molecule has 5 N–H and O–H groups in total. The third kappa shape index (κ3) is 2.95. The van der Waals surface area contributed by atoms with Gasteiger partial charge in [-0.05, 0) is 29.6 Å². The molecule has 0 spiro atoms. The molecule has 0 radical (unpaired) electrons. The predicted octanol–water partition coefficient (Wildman–Crippen LogP) is 1.79. The number of hydrogen-bond donors (Lipinski definition) is 4. The maximum absolute atomic E-state index is 12.0. The molecule has 1 aromatic heterocycles. The second-order valence-electron chi connectivity index (χ2n) is 4.02. The lowest BCUT2D eigenvalue weighted by molar-refractivity contribution is -0.117. The quantitative estimate of drug-likeness (QED) is 0.642. The van der Waals surface area contributed by atoms with Crippen LogP contribution in [0.1, 0.15) is 21.3 Å². The molecule has 1 heterocycles. The Morgan fingerprint density at radius 1 is 1.30 bits per heavy atom. The molecule has 2 rings (SSSR count). The van der Waals surface area contributed by atoms with Gasteiger partial charge in [0.2, 0.25) is 5.91 Å². The normalized spacial score (nSPS) is 11.8. The fourth-order valence-electron chi connectivity index (χ4n) is 1.58. The highest BCUT2D eigenvalue weighted by molar-refractivity contribution is 7.10. The molecule has 6 nitrogen and oxygen atoms in total. The van der Waals surface area contributed by atoms with E-state index in [1.54, 1.807) is 17.5 Å². The van der Waals surface area contributed by atoms with E-state index >= 15 is 0 Å². The Hall–Kier alpha value is -2.38. The van der Waals surface area contributed by atoms with Gasteiger partial charge in [-0.25, -0.2) is 4.79 Å². The Morgan fingerprint density at radius 2 is 2.05 bits per heavy atom. The van der Waals surface area contributed by atoms with Crippen LogP contribution < -0.4 is 11.1 Å². The molecular formula is C13H12N2O4S. The molecule has 1 atom stereocenters. The highest BCUT2D eigenvalue weighted by Crippen LogP contribution is 2.26. The van der Waals surface area contributed by atoms with Crippen LogP contribution in [0.3, 0.4) is 0 Å². The van der Waals surface area contributed by atoms with Gasteiger partial charge in [0.25, 0.3) is 0 Å². The summed E-state index contributed by atoms with van der Waals surface area (Å²) >= 11 is 1.34. The second-order valence-corrected chi connectivity index (χ2v) is 5.00. The van der Waals surface area contributed by atoms with Gasteiger partial charge < -0.3 is 21.3 Å². The largest absolute Gasteiger partial charge is 0.506 e. The fourth-order valence-corrected chi connectivity index (χ4v) is 2.30. The summed E-state index contributed by atoms with van der Waals surface area (Å²) in [5, 5.41) is 22.7. The van der Waals surface area contributed by atoms with Crippen LogP contribution in [0.15, 0.2) is 35.7 Å². The van der Waals surface area contributed by atoms with Gasteiger partial charge in [0.05, 0.1) is 11.3 Å². The number of aromatic hydroxyl groups is 1. The third-order valence-electron chi connectivity index (χ3n) is 2.63. The maximum Gasteiger partial charge on any atom is 0.335 e. The number of nitrogens with one attached hydrogen (secondary N) is 1. The van der Waals surface area contributed by atoms with Crippen molar-refractivity contribution in [3.05, 3.63) is 46.2 Å². The number of phenolic OH excluding ortho intramolecular Hbond substituents is 1. The number of carbonyl (C=O) groups excluding carboxylic acids is 1. The number of carbonyl (C=O) groups is 2. The van der Waals surface area contributed by atoms with E-state index < -0.39 is 17.9 Å². The second kappa shape index (κ2) is 5.72. The number of carboxylic acid groups (broad SMARTS) is 1. The van der Waals surface area contributed by atoms with E-state index in [9.17, 15) is 14.7 Å². The van der Waals surface area contributed by atoms with Crippen LogP contribution in [0.5, 0.6) is 5.75 Å². The lowest BCUT2D eigenvalue weighted by Crippen LogP contribution is -2.27. The number of anilines is 1. The molecule has 0 saturated heterocycles. The summed E-state index contributed by atoms with van der Waals surface area (Å²) in [6, 6.07) is 6.25. The summed E-state index contributed by atoms with van der Waals surface area (Å²) in [4.78, 5) is 23.5. The number of amides is 1. The van der Waals surface area contributed by atoms with Crippen molar-refractivity contribution in [3.8, 4) is 5.75 Å². The SMILES string of the molecule is NC(C(=O)Nc1cc(C(=O)O)ccc1O)c1cccs1. The molecule has 0 fully saturated rings. The van der Waals surface area contributed by atoms with Crippen LogP contribution in [0.4, 0.5) is 5.69 Å². The predicted molar refractivity (Wildman–Crippen MR) is 74.9 cm³/mol. The Kier molecular flexibility index (Phi) is 4.02. The van der Waals surface area contributed by atoms with E-state index in [0.717, 1.165) is 0 Å². The van der Waals surface area contributed by atoms with Crippen molar-refractivity contribution < 1.29 is 19.8 Å². The van der Waals surface area contributed by atoms with E-state index in [-0.39, 0.29) is 17.0 Å². The van der Waals surface area contributed by atoms with Crippen molar-refractivity contribution >= 4 is 28.9 Å². The van der Waals surface area contributed by atoms with E-state index in [4.69, 9.17) is 10.8 Å². The zero-order valence-corrected chi connectivity index (χ0v) is 11.1. The maximum atomic E-state index is 12.0. The summed E-state index contributed by atoms with van der Waals surface area (Å²) < 4.78 is 0. The van der Waals surface area contributed by atoms with Gasteiger partial charge in [-0.15, -0.1) is 11.3 Å². The summed E-state index contributed by atoms with van der Waals surface area (Å²) in [7, 11) is 0. The summed E-state index contributed by atoms with van der Waals surface area (Å²) in [5.41, 5.74) is 5.76. The first-order valence-corrected chi connectivity index (χ1v) is 6.53. The number of rotatable bonds is 4. The minimum absolute atomic E-state index is 0.0157. The van der Waals surface area contributed by atoms with E-state index in [2.05, 4.69) is 5.32 Å². The number of benzene rings is 1. The molecule has 2 aromatic rings. The Morgan fingerprint density at radius 3 is 2.65 bits per heavy atom. The number of nitrogens with two attached hydrogens (primary N) is 1. The molecule has 0 aliphatic carbocycles. The number of aromatic carboxylic acids is 1. The Balaban J connectivity index is 2.19. The summed E-state index contributed by atoms with van der Waals surface area (Å²) in [6.07, 6.45) is 0. The number of phenols is 1. The van der Waals surface area contributed by atoms with Crippen molar-refractivity contribution in [1.82, 2.24) is 0 Å². The van der Waals surface area contributed by atoms with Crippen molar-refractivity contribution in [3.63, 3.8) is 0 Å². The van der Waals surface area contributed by atoms with Crippen molar-refractivity contribution in [2.75, 3.05) is 5.32 Å². The first-order chi connectivity index (χ1) is 9.49. The molecule has 1 amide bonds. The summed E-state index contributed by atoms with van der Waals surface area (Å²) in [5.74, 6) is -1.89. The standard InChI is InChI=1S/C13H12N2O4S/c14-11(10-2-1-5-20-10)12(17)15-8-6-7(13(18)19)3-4-9(8)16/h1-6,11,16H,14H2,(H,15,17)(H,18,19). The van der Waals surface area contributed by atoms with E-state index in [0.29, 0.717) is 4.88 Å². The van der Waals surface area contributed by atoms with Crippen LogP contribution >= 0.6 is 11.3 Å². The van der Waals surface area contributed by atoms with Crippen LogP contribution in [0.2, 0.25) is 0 Å². The lowest BCUT2D eigenvalue weighted by Gasteiger charge is -2.12. The summed E-state index contributed by atoms with van der Waals surface area (Å²) in [6.45, 7) is 0. The molecule has 0 aliphatic rings. The first-order valence-electron chi connectivity index (χ1n) is 5.65. The lowest BCUT2D eigenvalue weighted by atomic mass is 10.1. The molecule has 104 valence electrons. The number of carboxylic acids is 1. The molecule has 1 unspecified atom stereocenters. The molecule has 0 bridgehead atoms. The molecular weight excluding hydrogens is 280 g/mol. The van der Waals surface area contributed by atoms with Gasteiger partial charge >= 0.3 is 5.97 Å². The highest BCUT2D eigenvalue weighted by atomic mass is 32.1. The molecule has 7 heteroatoms. The average molecular weight is 292 g/mol. The minimum Gasteiger partial charge on any atom is -0.506 e. The highest BCUT2D eigenvalue weighted by Gasteiger charge is 2.18. The van der Waals surface area contributed by atoms with Crippen molar-refractivity contribution in [2.45, 2.75) is 6.04 Å². The van der Waals surface area contributed by atoms with Gasteiger partial charge in [-0.1, -0.05) is 6.07 Å². The van der Waals surface area contributed by atoms with E-state index in [1.807, 2.05) is 0 Å². The minimum atomic E-state index is -1.15. The smallest absolute Gasteiger partial charge is 0.335 e. The van der Waals surface area contributed by atoms with Gasteiger partial charge in [-0.2, -0.15) is 0 Å². The van der Waals surface area contributed by atoms with E-state index in [1.165, 1.54) is 29.5 Å². The number of hydrogen-bond acceptors (Lipinski definition) is 5. The van der Waals surface area contributed by atoms with Crippen molar-refractivity contribution in [1.29, 1.82) is 0 Å². The van der Waals surface area contributed by atoms with Crippen LogP contribution in [0.25, 0.3) is 0 Å². The molecule has 20 heavy (non-hydrogen) atoms. The van der Waals surface area contributed by atoms with Gasteiger partial charge in [-0.3, -0.25) is 4.79 Å². The topological polar surface area (TPSA) is 113 Å². The van der Waals surface area contributed by atoms with Crippen molar-refractivity contribution in [2.24, 2.45) is 5.73 Å². The molecule has 1 aromatic carbocycles. The van der Waals surface area contributed by atoms with Gasteiger partial charge in [0.1, 0.15) is 11.8 Å². The fraction of sp³-hybridized carbons (Fsp3) is 0.0769. The zero-order valence-electron chi connectivity index (χ0n) is 10.2. The monoisotopic (exact) mass is 292 g/mol. The Labute approximate surface area is 118 Å². The van der Waals surface area contributed by atoms with Gasteiger partial charge in [0.15, 0.2) is 0 Å². The Bertz CT molecular complexity index is 640. The molecule has 0 aliphatic heterocycles. The first kappa shape index (κ1) is 14.0. The van der Waals surface area contributed by atoms with Crippen LogP contribution in [0, 0.1) is 0 Å².